The lowest BCUT2D eigenvalue weighted by Gasteiger charge is -2.23. The molecule has 0 N–H and O–H groups in total. The van der Waals surface area contributed by atoms with E-state index in [1.807, 2.05) is 42.5 Å². The molecule has 0 aliphatic carbocycles. The molecule has 0 saturated carbocycles. The quantitative estimate of drug-likeness (QED) is 0.0218. The Morgan fingerprint density at radius 2 is 1.57 bits per heavy atom. The van der Waals surface area contributed by atoms with Gasteiger partial charge in [-0.25, -0.2) is 14.5 Å². The van der Waals surface area contributed by atoms with E-state index in [0.717, 1.165) is 58.1 Å². The number of fused-ring (bicyclic) bond motifs is 2. The fourth-order valence-electron chi connectivity index (χ4n) is 5.15. The van der Waals surface area contributed by atoms with E-state index in [-0.39, 0.29) is 37.1 Å². The van der Waals surface area contributed by atoms with Gasteiger partial charge in [0, 0.05) is 22.4 Å². The highest BCUT2D eigenvalue weighted by atomic mass is 32.2. The summed E-state index contributed by atoms with van der Waals surface area (Å²) < 4.78 is 10.7. The molecule has 2 atom stereocenters. The molecule has 0 spiro atoms. The van der Waals surface area contributed by atoms with Gasteiger partial charge in [0.05, 0.1) is 37.7 Å². The summed E-state index contributed by atoms with van der Waals surface area (Å²) in [5.74, 6) is -0.319. The molecule has 0 amide bonds. The average Bonchev–Trinajstić information content (AvgIpc) is 3.67. The van der Waals surface area contributed by atoms with Gasteiger partial charge >= 0.3 is 17.8 Å². The third-order valence-electron chi connectivity index (χ3n) is 8.20. The van der Waals surface area contributed by atoms with Crippen molar-refractivity contribution in [2.45, 2.75) is 62.7 Å². The van der Waals surface area contributed by atoms with E-state index >= 15 is 0 Å². The van der Waals surface area contributed by atoms with Crippen molar-refractivity contribution in [1.29, 1.82) is 5.26 Å². The maximum atomic E-state index is 13.0. The lowest BCUT2D eigenvalue weighted by atomic mass is 10.0. The molecule has 0 radical (unpaired) electrons. The first-order chi connectivity index (χ1) is 23.8. The Morgan fingerprint density at radius 3 is 2.20 bits per heavy atom. The van der Waals surface area contributed by atoms with Crippen LogP contribution in [-0.4, -0.2) is 44.8 Å². The molecule has 2 unspecified atom stereocenters. The number of nitriles is 1. The van der Waals surface area contributed by atoms with Crippen molar-refractivity contribution >= 4 is 46.8 Å². The first-order valence-corrected chi connectivity index (χ1v) is 18.0. The van der Waals surface area contributed by atoms with Gasteiger partial charge < -0.3 is 24.2 Å². The minimum Gasteiger partial charge on any atom is -0.461 e. The van der Waals surface area contributed by atoms with Crippen LogP contribution in [0.5, 0.6) is 0 Å². The highest BCUT2D eigenvalue weighted by Crippen LogP contribution is 2.48. The van der Waals surface area contributed by atoms with Crippen molar-refractivity contribution < 1.29 is 28.8 Å². The van der Waals surface area contributed by atoms with Gasteiger partial charge in [0.25, 0.3) is 0 Å². The highest BCUT2D eigenvalue weighted by Gasteiger charge is 2.32. The number of thioether (sulfide) groups is 2. The van der Waals surface area contributed by atoms with Gasteiger partial charge in [-0.05, 0) is 61.8 Å². The van der Waals surface area contributed by atoms with Crippen LogP contribution in [0.15, 0.2) is 92.5 Å². The Kier molecular flexibility index (Phi) is 14.5. The van der Waals surface area contributed by atoms with Crippen LogP contribution in [0.25, 0.3) is 4.85 Å². The van der Waals surface area contributed by atoms with Crippen LogP contribution in [0.4, 0.5) is 11.4 Å². The van der Waals surface area contributed by atoms with Crippen LogP contribution in [0.2, 0.25) is 0 Å². The fourth-order valence-corrected chi connectivity index (χ4v) is 7.42. The molecule has 0 saturated heterocycles. The third kappa shape index (κ3) is 10.1. The lowest BCUT2D eigenvalue weighted by Crippen LogP contribution is -2.26. The van der Waals surface area contributed by atoms with Gasteiger partial charge in [0.1, 0.15) is 22.7 Å². The van der Waals surface area contributed by atoms with Crippen LogP contribution in [0.1, 0.15) is 52.9 Å². The number of para-hydroxylation sites is 2. The summed E-state index contributed by atoms with van der Waals surface area (Å²) in [7, 11) is 0. The Bertz CT molecular complexity index is 1650. The highest BCUT2D eigenvalue weighted by molar-refractivity contribution is 8.04. The van der Waals surface area contributed by atoms with Crippen molar-refractivity contribution in [3.05, 3.63) is 94.1 Å². The number of benzene rings is 2. The minimum absolute atomic E-state index is 0.0595. The van der Waals surface area contributed by atoms with Gasteiger partial charge in [0.2, 0.25) is 0 Å². The number of carbonyl (C=O) groups excluding carboxylic acids is 2. The lowest BCUT2D eigenvalue weighted by molar-refractivity contribution is -0.259. The SMILES string of the molecule is [C-]#[N+]C(OOCCCC(C)CCOC(=O)C(C#N)=C1Sc2ccccc2N1CCOC(=O)C=C)=C1Sc2ccccc2N1CCC(C)CC. The predicted octanol–water partition coefficient (Wildman–Crippen LogP) is 8.46. The second-order valence-electron chi connectivity index (χ2n) is 11.7. The maximum absolute atomic E-state index is 13.0. The molecule has 2 heterocycles. The second-order valence-corrected chi connectivity index (χ2v) is 13.8. The Balaban J connectivity index is 1.24. The first-order valence-electron chi connectivity index (χ1n) is 16.4. The molecule has 2 aliphatic rings. The van der Waals surface area contributed by atoms with Gasteiger partial charge in [0.15, 0.2) is 5.57 Å². The number of ether oxygens (including phenoxy) is 2. The molecular weight excluding hydrogens is 661 g/mol. The van der Waals surface area contributed by atoms with Gasteiger partial charge in [-0.15, -0.1) is 0 Å². The average molecular weight is 703 g/mol. The number of nitrogens with zero attached hydrogens (tertiary/aromatic N) is 4. The Morgan fingerprint density at radius 1 is 0.918 bits per heavy atom. The zero-order valence-corrected chi connectivity index (χ0v) is 29.8. The van der Waals surface area contributed by atoms with Crippen molar-refractivity contribution in [3.63, 3.8) is 0 Å². The Hall–Kier alpha value is -4.36. The number of carbonyl (C=O) groups is 2. The largest absolute Gasteiger partial charge is 0.461 e. The van der Waals surface area contributed by atoms with Crippen molar-refractivity contribution in [3.8, 4) is 6.07 Å². The van der Waals surface area contributed by atoms with Gasteiger partial charge in [-0.3, -0.25) is 0 Å². The summed E-state index contributed by atoms with van der Waals surface area (Å²) in [5.41, 5.74) is 1.81. The minimum atomic E-state index is -0.695. The van der Waals surface area contributed by atoms with E-state index < -0.39 is 11.9 Å². The van der Waals surface area contributed by atoms with Crippen molar-refractivity contribution in [1.82, 2.24) is 0 Å². The third-order valence-corrected chi connectivity index (χ3v) is 10.5. The number of hydrogen-bond acceptors (Lipinski definition) is 11. The topological polar surface area (TPSA) is 106 Å². The molecule has 4 rings (SSSR count). The van der Waals surface area contributed by atoms with Gasteiger partial charge in [-0.2, -0.15) is 10.1 Å². The summed E-state index contributed by atoms with van der Waals surface area (Å²) in [5, 5.41) is 11.1. The molecule has 0 bridgehead atoms. The van der Waals surface area contributed by atoms with E-state index in [1.54, 1.807) is 4.90 Å². The van der Waals surface area contributed by atoms with E-state index in [2.05, 4.69) is 49.2 Å². The summed E-state index contributed by atoms with van der Waals surface area (Å²) in [6.45, 7) is 19.2. The van der Waals surface area contributed by atoms with Crippen LogP contribution in [0, 0.1) is 29.7 Å². The van der Waals surface area contributed by atoms with Crippen molar-refractivity contribution in [2.75, 3.05) is 42.7 Å². The molecular formula is C37H42N4O6S2. The molecule has 49 heavy (non-hydrogen) atoms. The fraction of sp³-hybridized carbons (Fsp3) is 0.405. The van der Waals surface area contributed by atoms with Crippen LogP contribution < -0.4 is 9.80 Å². The monoisotopic (exact) mass is 702 g/mol. The number of rotatable bonds is 18. The van der Waals surface area contributed by atoms with Crippen LogP contribution >= 0.6 is 23.5 Å². The zero-order valence-electron chi connectivity index (χ0n) is 28.2. The summed E-state index contributed by atoms with van der Waals surface area (Å²) in [4.78, 5) is 45.2. The maximum Gasteiger partial charge on any atom is 0.401 e. The molecule has 2 aromatic carbocycles. The van der Waals surface area contributed by atoms with E-state index in [1.165, 1.54) is 23.5 Å². The second kappa shape index (κ2) is 19.0. The molecule has 2 aliphatic heterocycles. The molecule has 2 aromatic rings. The smallest absolute Gasteiger partial charge is 0.401 e. The molecule has 258 valence electrons. The number of anilines is 2. The summed E-state index contributed by atoms with van der Waals surface area (Å²) in [6, 6.07) is 17.7. The molecule has 0 aromatic heterocycles. The molecule has 0 fully saturated rings. The zero-order chi connectivity index (χ0) is 35.2. The standard InChI is InChI=1S/C37H42N4O6S2/c1-6-26(3)18-20-40-29-14-8-11-17-32(29)49-36(40)34(39-5)47-46-22-12-13-27(4)19-23-45-37(43)28(25-38)35-41(21-24-44-33(42)7-2)30-15-9-10-16-31(30)48-35/h7-11,14-17,26-27H,2,6,12-13,18-24H2,1,3-4H3. The van der Waals surface area contributed by atoms with Crippen molar-refractivity contribution in [2.24, 2.45) is 11.8 Å². The molecule has 10 nitrogen and oxygen atoms in total. The summed E-state index contributed by atoms with van der Waals surface area (Å²) in [6.07, 6.45) is 5.28. The predicted molar refractivity (Wildman–Crippen MR) is 192 cm³/mol. The summed E-state index contributed by atoms with van der Waals surface area (Å²) >= 11 is 2.84. The van der Waals surface area contributed by atoms with Crippen LogP contribution in [-0.2, 0) is 28.8 Å². The normalized spacial score (nSPS) is 16.4. The molecule has 12 heteroatoms. The van der Waals surface area contributed by atoms with Gasteiger partial charge in [-0.1, -0.05) is 81.6 Å². The van der Waals surface area contributed by atoms with E-state index in [9.17, 15) is 14.9 Å². The Labute approximate surface area is 297 Å². The van der Waals surface area contributed by atoms with Crippen LogP contribution in [0.3, 0.4) is 0 Å². The van der Waals surface area contributed by atoms with E-state index in [0.29, 0.717) is 30.4 Å². The van der Waals surface area contributed by atoms with E-state index in [4.69, 9.17) is 25.8 Å². The number of hydrogen-bond donors (Lipinski definition) is 0. The number of esters is 2. The first kappa shape index (κ1) is 37.5.